The van der Waals surface area contributed by atoms with Crippen LogP contribution in [0.1, 0.15) is 16.7 Å². The number of benzene rings is 4. The molecule has 1 unspecified atom stereocenters. The van der Waals surface area contributed by atoms with Crippen molar-refractivity contribution in [2.45, 2.75) is 18.1 Å². The summed E-state index contributed by atoms with van der Waals surface area (Å²) in [5.74, 6) is 1.69. The molecule has 1 saturated heterocycles. The summed E-state index contributed by atoms with van der Waals surface area (Å²) >= 11 is 5.94. The molecular weight excluding hydrogens is 529 g/mol. The number of carbonyl (C=O) groups excluding carboxylic acids is 1. The molecule has 1 heterocycles. The molecule has 4 aromatic rings. The Bertz CT molecular complexity index is 1480. The molecule has 0 aromatic heterocycles. The molecule has 1 aliphatic heterocycles. The Morgan fingerprint density at radius 3 is 2.26 bits per heavy atom. The van der Waals surface area contributed by atoms with Crippen molar-refractivity contribution in [3.05, 3.63) is 119 Å². The molecule has 0 saturated carbocycles. The van der Waals surface area contributed by atoms with Crippen molar-refractivity contribution >= 4 is 23.3 Å². The van der Waals surface area contributed by atoms with Crippen molar-refractivity contribution in [1.82, 2.24) is 5.32 Å². The van der Waals surface area contributed by atoms with Crippen molar-refractivity contribution in [3.8, 4) is 17.2 Å². The maximum absolute atomic E-state index is 13.7. The van der Waals surface area contributed by atoms with Gasteiger partial charge in [0, 0.05) is 23.7 Å². The molecule has 1 aliphatic rings. The molecule has 5 rings (SSSR count). The van der Waals surface area contributed by atoms with E-state index >= 15 is 0 Å². The van der Waals surface area contributed by atoms with Gasteiger partial charge in [-0.3, -0.25) is 4.90 Å². The molecule has 1 fully saturated rings. The van der Waals surface area contributed by atoms with Gasteiger partial charge in [-0.25, -0.2) is 4.79 Å². The third-order valence-electron chi connectivity index (χ3n) is 6.71. The number of nitrogens with zero attached hydrogens (tertiary/aromatic N) is 1. The van der Waals surface area contributed by atoms with Crippen LogP contribution in [0.5, 0.6) is 17.2 Å². The topological polar surface area (TPSA) is 50.8 Å². The van der Waals surface area contributed by atoms with E-state index in [4.69, 9.17) is 21.1 Å². The second-order valence-electron chi connectivity index (χ2n) is 9.14. The molecule has 0 radical (unpaired) electrons. The van der Waals surface area contributed by atoms with Crippen LogP contribution in [0.15, 0.2) is 97.1 Å². The Labute approximate surface area is 228 Å². The molecule has 200 valence electrons. The molecular formula is C30H24ClF3N2O3. The number of para-hydroxylation sites is 1. The van der Waals surface area contributed by atoms with Crippen LogP contribution in [0.25, 0.3) is 0 Å². The summed E-state index contributed by atoms with van der Waals surface area (Å²) in [7, 11) is 1.53. The van der Waals surface area contributed by atoms with Crippen molar-refractivity contribution in [3.63, 3.8) is 0 Å². The first kappa shape index (κ1) is 26.4. The Hall–Kier alpha value is -4.17. The third kappa shape index (κ3) is 5.38. The predicted molar refractivity (Wildman–Crippen MR) is 144 cm³/mol. The number of amides is 2. The summed E-state index contributed by atoms with van der Waals surface area (Å²) in [5.41, 5.74) is -0.359. The number of rotatable bonds is 7. The number of anilines is 1. The number of hydrogen-bond acceptors (Lipinski definition) is 3. The molecule has 5 nitrogen and oxygen atoms in total. The fourth-order valence-electron chi connectivity index (χ4n) is 4.86. The largest absolute Gasteiger partial charge is 0.496 e. The number of methoxy groups -OCH3 is 1. The lowest BCUT2D eigenvalue weighted by molar-refractivity contribution is -0.137. The summed E-state index contributed by atoms with van der Waals surface area (Å²) in [6.07, 6.45) is -4.33. The van der Waals surface area contributed by atoms with Gasteiger partial charge in [-0.1, -0.05) is 41.9 Å². The summed E-state index contributed by atoms with van der Waals surface area (Å²) in [5, 5.41) is 3.44. The van der Waals surface area contributed by atoms with Gasteiger partial charge in [0.1, 0.15) is 17.2 Å². The van der Waals surface area contributed by atoms with Gasteiger partial charge in [-0.15, -0.1) is 0 Å². The zero-order valence-electron chi connectivity index (χ0n) is 20.8. The predicted octanol–water partition coefficient (Wildman–Crippen LogP) is 7.83. The maximum Gasteiger partial charge on any atom is 0.416 e. The van der Waals surface area contributed by atoms with Crippen LogP contribution in [-0.4, -0.2) is 19.7 Å². The Kier molecular flexibility index (Phi) is 7.14. The van der Waals surface area contributed by atoms with Crippen LogP contribution in [0.4, 0.5) is 23.7 Å². The number of nitrogens with one attached hydrogen (secondary N) is 1. The maximum atomic E-state index is 13.7. The van der Waals surface area contributed by atoms with Gasteiger partial charge in [0.15, 0.2) is 0 Å². The van der Waals surface area contributed by atoms with Crippen LogP contribution in [0.3, 0.4) is 0 Å². The number of hydrogen-bond donors (Lipinski definition) is 1. The molecule has 0 aliphatic carbocycles. The highest BCUT2D eigenvalue weighted by atomic mass is 35.5. The fraction of sp³-hybridized carbons (Fsp3) is 0.167. The second-order valence-corrected chi connectivity index (χ2v) is 9.58. The molecule has 9 heteroatoms. The number of urea groups is 1. The van der Waals surface area contributed by atoms with Gasteiger partial charge in [0.05, 0.1) is 18.2 Å². The van der Waals surface area contributed by atoms with Gasteiger partial charge in [0.2, 0.25) is 0 Å². The van der Waals surface area contributed by atoms with Crippen molar-refractivity contribution in [1.29, 1.82) is 0 Å². The smallest absolute Gasteiger partial charge is 0.416 e. The third-order valence-corrected chi connectivity index (χ3v) is 6.96. The Morgan fingerprint density at radius 1 is 0.923 bits per heavy atom. The lowest BCUT2D eigenvalue weighted by atomic mass is 9.81. The standard InChI is InChI=1S/C30H24ClF3N2O3/c1-38-27-8-3-2-5-20(27)18-29(21-6-4-7-22(17-21)30(32,33)34)19-35-28(37)36(29)24-11-15-26(16-12-24)39-25-13-9-23(31)10-14-25/h2-17H,18-19H2,1H3,(H,35,37). The van der Waals surface area contributed by atoms with E-state index in [9.17, 15) is 18.0 Å². The Morgan fingerprint density at radius 2 is 1.59 bits per heavy atom. The van der Waals surface area contributed by atoms with Crippen LogP contribution < -0.4 is 19.7 Å². The normalized spacial score (nSPS) is 17.2. The molecule has 39 heavy (non-hydrogen) atoms. The quantitative estimate of drug-likeness (QED) is 0.254. The fourth-order valence-corrected chi connectivity index (χ4v) is 4.99. The van der Waals surface area contributed by atoms with Gasteiger partial charge in [-0.05, 0) is 77.9 Å². The number of alkyl halides is 3. The summed E-state index contributed by atoms with van der Waals surface area (Å²) < 4.78 is 52.6. The molecule has 4 aromatic carbocycles. The van der Waals surface area contributed by atoms with E-state index in [0.717, 1.165) is 17.7 Å². The van der Waals surface area contributed by atoms with Crippen molar-refractivity contribution in [2.24, 2.45) is 0 Å². The molecule has 2 amide bonds. The summed E-state index contributed by atoms with van der Waals surface area (Å²) in [6.45, 7) is 0.0915. The van der Waals surface area contributed by atoms with E-state index in [1.54, 1.807) is 60.7 Å². The second kappa shape index (κ2) is 10.5. The van der Waals surface area contributed by atoms with Gasteiger partial charge < -0.3 is 14.8 Å². The van der Waals surface area contributed by atoms with Crippen LogP contribution in [0.2, 0.25) is 5.02 Å². The zero-order valence-corrected chi connectivity index (χ0v) is 21.6. The lowest BCUT2D eigenvalue weighted by Crippen LogP contribution is -2.47. The highest BCUT2D eigenvalue weighted by Gasteiger charge is 2.49. The minimum Gasteiger partial charge on any atom is -0.496 e. The van der Waals surface area contributed by atoms with Crippen LogP contribution in [-0.2, 0) is 18.1 Å². The molecule has 0 spiro atoms. The number of ether oxygens (including phenoxy) is 2. The van der Waals surface area contributed by atoms with E-state index in [-0.39, 0.29) is 13.0 Å². The highest BCUT2D eigenvalue weighted by Crippen LogP contribution is 2.43. The molecule has 1 atom stereocenters. The monoisotopic (exact) mass is 552 g/mol. The Balaban J connectivity index is 1.58. The summed E-state index contributed by atoms with van der Waals surface area (Å²) in [6, 6.07) is 25.7. The van der Waals surface area contributed by atoms with Crippen LogP contribution in [0, 0.1) is 0 Å². The van der Waals surface area contributed by atoms with Gasteiger partial charge in [-0.2, -0.15) is 13.2 Å². The number of halogens is 4. The molecule has 0 bridgehead atoms. The summed E-state index contributed by atoms with van der Waals surface area (Å²) in [4.78, 5) is 14.8. The van der Waals surface area contributed by atoms with E-state index in [1.165, 1.54) is 18.1 Å². The average molecular weight is 553 g/mol. The minimum absolute atomic E-state index is 0.0915. The van der Waals surface area contributed by atoms with E-state index in [1.807, 2.05) is 18.2 Å². The van der Waals surface area contributed by atoms with E-state index < -0.39 is 23.3 Å². The number of carbonyl (C=O) groups is 1. The average Bonchev–Trinajstić information content (AvgIpc) is 3.27. The SMILES string of the molecule is COc1ccccc1CC1(c2cccc(C(F)(F)F)c2)CNC(=O)N1c1ccc(Oc2ccc(Cl)cc2)cc1. The zero-order chi connectivity index (χ0) is 27.6. The van der Waals surface area contributed by atoms with Crippen molar-refractivity contribution in [2.75, 3.05) is 18.6 Å². The van der Waals surface area contributed by atoms with Gasteiger partial charge in [0.25, 0.3) is 0 Å². The molecule has 1 N–H and O–H groups in total. The minimum atomic E-state index is -4.54. The van der Waals surface area contributed by atoms with E-state index in [2.05, 4.69) is 5.32 Å². The van der Waals surface area contributed by atoms with Crippen molar-refractivity contribution < 1.29 is 27.4 Å². The van der Waals surface area contributed by atoms with Crippen LogP contribution >= 0.6 is 11.6 Å². The first-order valence-electron chi connectivity index (χ1n) is 12.1. The first-order chi connectivity index (χ1) is 18.7. The first-order valence-corrected chi connectivity index (χ1v) is 12.5. The highest BCUT2D eigenvalue weighted by molar-refractivity contribution is 6.30. The van der Waals surface area contributed by atoms with E-state index in [0.29, 0.717) is 33.5 Å². The van der Waals surface area contributed by atoms with Gasteiger partial charge >= 0.3 is 12.2 Å². The lowest BCUT2D eigenvalue weighted by Gasteiger charge is -2.38.